The zero-order chi connectivity index (χ0) is 22.8. The van der Waals surface area contributed by atoms with Crippen LogP contribution in [-0.4, -0.2) is 42.9 Å². The van der Waals surface area contributed by atoms with Crippen LogP contribution in [0.5, 0.6) is 0 Å². The average Bonchev–Trinajstić information content (AvgIpc) is 2.68. The Labute approximate surface area is 189 Å². The lowest BCUT2D eigenvalue weighted by Crippen LogP contribution is -2.34. The highest BCUT2D eigenvalue weighted by molar-refractivity contribution is 5.97. The molecule has 0 fully saturated rings. The molecule has 2 rings (SSSR count). The summed E-state index contributed by atoms with van der Waals surface area (Å²) < 4.78 is 0. The fraction of sp³-hybridized carbons (Fsp3) is 0.692. The van der Waals surface area contributed by atoms with E-state index < -0.39 is 0 Å². The highest BCUT2D eigenvalue weighted by Crippen LogP contribution is 2.26. The molecule has 0 radical (unpaired) electrons. The van der Waals surface area contributed by atoms with Crippen molar-refractivity contribution in [1.82, 2.24) is 10.2 Å². The van der Waals surface area contributed by atoms with E-state index >= 15 is 0 Å². The van der Waals surface area contributed by atoms with Gasteiger partial charge in [-0.1, -0.05) is 47.0 Å². The minimum Gasteiger partial charge on any atom is -0.352 e. The first-order valence-electron chi connectivity index (χ1n) is 12.2. The van der Waals surface area contributed by atoms with Crippen molar-refractivity contribution < 1.29 is 9.59 Å². The predicted octanol–water partition coefficient (Wildman–Crippen LogP) is 5.24. The van der Waals surface area contributed by atoms with Crippen LogP contribution in [0.25, 0.3) is 0 Å². The van der Waals surface area contributed by atoms with Crippen LogP contribution in [0.2, 0.25) is 0 Å². The Morgan fingerprint density at radius 1 is 0.968 bits per heavy atom. The fourth-order valence-corrected chi connectivity index (χ4v) is 4.27. The zero-order valence-corrected chi connectivity index (χ0v) is 20.4. The molecule has 174 valence electrons. The number of benzene rings is 1. The molecule has 5 nitrogen and oxygen atoms in total. The molecule has 0 atom stereocenters. The topological polar surface area (TPSA) is 52.7 Å². The summed E-state index contributed by atoms with van der Waals surface area (Å²) in [6.45, 7) is 14.7. The minimum absolute atomic E-state index is 0.0284. The summed E-state index contributed by atoms with van der Waals surface area (Å²) in [5.41, 5.74) is 2.72. The van der Waals surface area contributed by atoms with Crippen LogP contribution in [0, 0.1) is 11.8 Å². The largest absolute Gasteiger partial charge is 0.352 e. The second kappa shape index (κ2) is 12.8. The number of rotatable bonds is 6. The molecule has 5 heteroatoms. The molecule has 1 aliphatic rings. The van der Waals surface area contributed by atoms with E-state index in [4.69, 9.17) is 0 Å². The van der Waals surface area contributed by atoms with E-state index in [1.807, 2.05) is 23.1 Å². The maximum absolute atomic E-state index is 12.8. The fourth-order valence-electron chi connectivity index (χ4n) is 4.27. The first-order valence-corrected chi connectivity index (χ1v) is 12.2. The third-order valence-electron chi connectivity index (χ3n) is 5.89. The summed E-state index contributed by atoms with van der Waals surface area (Å²) in [6.07, 6.45) is 6.81. The highest BCUT2D eigenvalue weighted by atomic mass is 16.2. The summed E-state index contributed by atoms with van der Waals surface area (Å²) in [6, 6.07) is 5.86. The van der Waals surface area contributed by atoms with Gasteiger partial charge in [0.15, 0.2) is 0 Å². The molecule has 0 bridgehead atoms. The van der Waals surface area contributed by atoms with Crippen molar-refractivity contribution in [3.8, 4) is 0 Å². The molecule has 0 spiro atoms. The molecule has 1 aromatic rings. The standard InChI is InChI=1S/C26H43N3O2/c1-20(2)13-14-27-26(31)23-11-12-25-24(17-23)19-28(18-21(3)4)15-9-7-6-8-10-16-29(25)22(5)30/h11-12,17,20-21H,6-10,13-16,18-19H2,1-5H3,(H,27,31). The number of carbonyl (C=O) groups is 2. The van der Waals surface area contributed by atoms with Crippen molar-refractivity contribution in [3.05, 3.63) is 29.3 Å². The number of hydrogen-bond donors (Lipinski definition) is 1. The number of carbonyl (C=O) groups excluding carboxylic acids is 2. The van der Waals surface area contributed by atoms with E-state index in [1.54, 1.807) is 6.92 Å². The van der Waals surface area contributed by atoms with E-state index in [1.165, 1.54) is 19.3 Å². The number of amides is 2. The summed E-state index contributed by atoms with van der Waals surface area (Å²) in [5.74, 6) is 1.18. The molecule has 1 aromatic carbocycles. The lowest BCUT2D eigenvalue weighted by atomic mass is 10.0. The van der Waals surface area contributed by atoms with Crippen molar-refractivity contribution in [3.63, 3.8) is 0 Å². The Kier molecular flexibility index (Phi) is 10.5. The Morgan fingerprint density at radius 2 is 1.65 bits per heavy atom. The van der Waals surface area contributed by atoms with Gasteiger partial charge in [0, 0.05) is 44.4 Å². The van der Waals surface area contributed by atoms with Crippen LogP contribution in [-0.2, 0) is 11.3 Å². The molecule has 0 aliphatic carbocycles. The molecule has 1 heterocycles. The van der Waals surface area contributed by atoms with Gasteiger partial charge < -0.3 is 10.2 Å². The Morgan fingerprint density at radius 3 is 2.29 bits per heavy atom. The van der Waals surface area contributed by atoms with Crippen LogP contribution in [0.15, 0.2) is 18.2 Å². The predicted molar refractivity (Wildman–Crippen MR) is 129 cm³/mol. The van der Waals surface area contributed by atoms with Crippen molar-refractivity contribution >= 4 is 17.5 Å². The Balaban J connectivity index is 2.35. The summed E-state index contributed by atoms with van der Waals surface area (Å²) in [7, 11) is 0. The van der Waals surface area contributed by atoms with Gasteiger partial charge in [-0.25, -0.2) is 0 Å². The number of nitrogens with one attached hydrogen (secondary N) is 1. The minimum atomic E-state index is -0.0284. The SMILES string of the molecule is CC(=O)N1CCCCCCCN(CC(C)C)Cc2cc(C(=O)NCCC(C)C)ccc21. The molecular formula is C26H43N3O2. The van der Waals surface area contributed by atoms with Gasteiger partial charge in [0.1, 0.15) is 0 Å². The van der Waals surface area contributed by atoms with Crippen LogP contribution in [0.3, 0.4) is 0 Å². The smallest absolute Gasteiger partial charge is 0.251 e. The van der Waals surface area contributed by atoms with Crippen LogP contribution < -0.4 is 10.2 Å². The quantitative estimate of drug-likeness (QED) is 0.673. The lowest BCUT2D eigenvalue weighted by Gasteiger charge is -2.30. The molecule has 1 N–H and O–H groups in total. The monoisotopic (exact) mass is 429 g/mol. The number of fused-ring (bicyclic) bond motifs is 1. The second-order valence-corrected chi connectivity index (χ2v) is 9.85. The maximum Gasteiger partial charge on any atom is 0.251 e. The maximum atomic E-state index is 12.8. The van der Waals surface area contributed by atoms with Crippen molar-refractivity contribution in [2.45, 2.75) is 79.7 Å². The van der Waals surface area contributed by atoms with E-state index in [2.05, 4.69) is 37.9 Å². The van der Waals surface area contributed by atoms with Gasteiger partial charge in [0.05, 0.1) is 0 Å². The van der Waals surface area contributed by atoms with Crippen LogP contribution in [0.1, 0.15) is 89.1 Å². The zero-order valence-electron chi connectivity index (χ0n) is 20.4. The molecule has 31 heavy (non-hydrogen) atoms. The van der Waals surface area contributed by atoms with E-state index in [9.17, 15) is 9.59 Å². The van der Waals surface area contributed by atoms with Crippen molar-refractivity contribution in [2.24, 2.45) is 11.8 Å². The molecule has 2 amide bonds. The molecular weight excluding hydrogens is 386 g/mol. The second-order valence-electron chi connectivity index (χ2n) is 9.85. The normalized spacial score (nSPS) is 16.5. The van der Waals surface area contributed by atoms with E-state index in [0.29, 0.717) is 23.9 Å². The molecule has 0 aromatic heterocycles. The van der Waals surface area contributed by atoms with E-state index in [-0.39, 0.29) is 11.8 Å². The highest BCUT2D eigenvalue weighted by Gasteiger charge is 2.20. The number of hydrogen-bond acceptors (Lipinski definition) is 3. The van der Waals surface area contributed by atoms with Gasteiger partial charge in [-0.2, -0.15) is 0 Å². The number of anilines is 1. The third-order valence-corrected chi connectivity index (χ3v) is 5.89. The van der Waals surface area contributed by atoms with Gasteiger partial charge in [-0.3, -0.25) is 14.5 Å². The van der Waals surface area contributed by atoms with Gasteiger partial charge in [0.2, 0.25) is 5.91 Å². The van der Waals surface area contributed by atoms with Crippen LogP contribution in [0.4, 0.5) is 5.69 Å². The Bertz CT molecular complexity index is 715. The Hall–Kier alpha value is -1.88. The van der Waals surface area contributed by atoms with Gasteiger partial charge >= 0.3 is 0 Å². The van der Waals surface area contributed by atoms with Crippen molar-refractivity contribution in [1.29, 1.82) is 0 Å². The van der Waals surface area contributed by atoms with Crippen molar-refractivity contribution in [2.75, 3.05) is 31.1 Å². The van der Waals surface area contributed by atoms with Crippen LogP contribution >= 0.6 is 0 Å². The summed E-state index contributed by atoms with van der Waals surface area (Å²) >= 11 is 0. The first-order chi connectivity index (χ1) is 14.8. The van der Waals surface area contributed by atoms with E-state index in [0.717, 1.165) is 56.7 Å². The molecule has 1 aliphatic heterocycles. The van der Waals surface area contributed by atoms with Gasteiger partial charge in [-0.05, 0) is 61.4 Å². The van der Waals surface area contributed by atoms with Gasteiger partial charge in [-0.15, -0.1) is 0 Å². The lowest BCUT2D eigenvalue weighted by molar-refractivity contribution is -0.116. The molecule has 0 saturated heterocycles. The molecule has 0 saturated carbocycles. The summed E-state index contributed by atoms with van der Waals surface area (Å²) in [5, 5.41) is 3.05. The number of nitrogens with zero attached hydrogens (tertiary/aromatic N) is 2. The molecule has 0 unspecified atom stereocenters. The third kappa shape index (κ3) is 8.64. The summed E-state index contributed by atoms with van der Waals surface area (Å²) in [4.78, 5) is 29.7. The van der Waals surface area contributed by atoms with Gasteiger partial charge in [0.25, 0.3) is 5.91 Å². The first kappa shape index (κ1) is 25.4. The average molecular weight is 430 g/mol.